The van der Waals surface area contributed by atoms with Gasteiger partial charge in [0.2, 0.25) is 0 Å². The summed E-state index contributed by atoms with van der Waals surface area (Å²) in [5.74, 6) is -2.17. The number of carboxylic acid groups (broad SMARTS) is 1. The van der Waals surface area contributed by atoms with Crippen molar-refractivity contribution in [2.45, 2.75) is 19.8 Å². The van der Waals surface area contributed by atoms with Crippen molar-refractivity contribution < 1.29 is 19.0 Å². The number of hydrogen-bond acceptors (Lipinski definition) is 4. The van der Waals surface area contributed by atoms with Crippen molar-refractivity contribution >= 4 is 11.8 Å². The standard InChI is InChI=1S/C12H17FN2O3/c1-2-7-18-8-3-5-14-11-10(13)9(12(16)17)4-6-15-11/h4,6H,2-3,5,7-8H2,1H3,(H,14,15)(H,16,17). The molecule has 18 heavy (non-hydrogen) atoms. The molecule has 1 rings (SSSR count). The average Bonchev–Trinajstić information content (AvgIpc) is 2.35. The number of carbonyl (C=O) groups is 1. The molecule has 0 amide bonds. The summed E-state index contributed by atoms with van der Waals surface area (Å²) in [6, 6.07) is 1.13. The number of halogens is 1. The van der Waals surface area contributed by atoms with Crippen LogP contribution in [0.15, 0.2) is 12.3 Å². The Morgan fingerprint density at radius 1 is 1.56 bits per heavy atom. The van der Waals surface area contributed by atoms with Crippen LogP contribution >= 0.6 is 0 Å². The van der Waals surface area contributed by atoms with E-state index in [1.807, 2.05) is 6.92 Å². The van der Waals surface area contributed by atoms with Crippen molar-refractivity contribution in [3.8, 4) is 0 Å². The van der Waals surface area contributed by atoms with Gasteiger partial charge in [0.05, 0.1) is 0 Å². The van der Waals surface area contributed by atoms with Crippen LogP contribution in [-0.2, 0) is 4.74 Å². The molecular formula is C12H17FN2O3. The summed E-state index contributed by atoms with van der Waals surface area (Å²) in [7, 11) is 0. The zero-order chi connectivity index (χ0) is 13.4. The number of aromatic nitrogens is 1. The van der Waals surface area contributed by atoms with Gasteiger partial charge in [-0.3, -0.25) is 0 Å². The van der Waals surface area contributed by atoms with Crippen LogP contribution in [0.2, 0.25) is 0 Å². The van der Waals surface area contributed by atoms with E-state index >= 15 is 0 Å². The van der Waals surface area contributed by atoms with Gasteiger partial charge in [-0.15, -0.1) is 0 Å². The molecule has 0 aliphatic heterocycles. The van der Waals surface area contributed by atoms with Crippen molar-refractivity contribution in [1.29, 1.82) is 0 Å². The van der Waals surface area contributed by atoms with Gasteiger partial charge in [-0.25, -0.2) is 14.2 Å². The zero-order valence-electron chi connectivity index (χ0n) is 10.3. The van der Waals surface area contributed by atoms with Crippen LogP contribution in [0, 0.1) is 5.82 Å². The Hall–Kier alpha value is -1.69. The summed E-state index contributed by atoms with van der Waals surface area (Å²) in [6.07, 6.45) is 2.94. The van der Waals surface area contributed by atoms with Crippen LogP contribution in [-0.4, -0.2) is 35.8 Å². The molecule has 2 N–H and O–H groups in total. The molecule has 100 valence electrons. The molecule has 1 heterocycles. The fraction of sp³-hybridized carbons (Fsp3) is 0.500. The van der Waals surface area contributed by atoms with Crippen LogP contribution in [0.4, 0.5) is 10.2 Å². The van der Waals surface area contributed by atoms with Gasteiger partial charge >= 0.3 is 5.97 Å². The molecule has 1 aromatic heterocycles. The van der Waals surface area contributed by atoms with Crippen LogP contribution in [0.5, 0.6) is 0 Å². The highest BCUT2D eigenvalue weighted by Crippen LogP contribution is 2.14. The van der Waals surface area contributed by atoms with Crippen LogP contribution in [0.1, 0.15) is 30.1 Å². The third-order valence-electron chi connectivity index (χ3n) is 2.23. The Bertz CT molecular complexity index is 399. The minimum absolute atomic E-state index is 0.0367. The molecule has 6 heteroatoms. The molecule has 0 radical (unpaired) electrons. The lowest BCUT2D eigenvalue weighted by atomic mass is 10.2. The predicted octanol–water partition coefficient (Wildman–Crippen LogP) is 2.15. The highest BCUT2D eigenvalue weighted by Gasteiger charge is 2.14. The van der Waals surface area contributed by atoms with Crippen LogP contribution in [0.3, 0.4) is 0 Å². The second-order valence-corrected chi connectivity index (χ2v) is 3.72. The number of carboxylic acids is 1. The molecular weight excluding hydrogens is 239 g/mol. The summed E-state index contributed by atoms with van der Waals surface area (Å²) in [4.78, 5) is 14.5. The number of aromatic carboxylic acids is 1. The van der Waals surface area contributed by atoms with E-state index in [0.717, 1.165) is 12.5 Å². The fourth-order valence-electron chi connectivity index (χ4n) is 1.36. The number of ether oxygens (including phenoxy) is 1. The number of rotatable bonds is 8. The lowest BCUT2D eigenvalue weighted by Gasteiger charge is -2.08. The maximum absolute atomic E-state index is 13.6. The monoisotopic (exact) mass is 256 g/mol. The predicted molar refractivity (Wildman–Crippen MR) is 65.4 cm³/mol. The van der Waals surface area contributed by atoms with E-state index in [1.54, 1.807) is 0 Å². The van der Waals surface area contributed by atoms with Gasteiger partial charge < -0.3 is 15.2 Å². The maximum Gasteiger partial charge on any atom is 0.338 e. The van der Waals surface area contributed by atoms with E-state index in [1.165, 1.54) is 6.20 Å². The quantitative estimate of drug-likeness (QED) is 0.697. The number of nitrogens with zero attached hydrogens (tertiary/aromatic N) is 1. The minimum atomic E-state index is -1.30. The number of anilines is 1. The SMILES string of the molecule is CCCOCCCNc1nccc(C(=O)O)c1F. The molecule has 0 spiro atoms. The Kier molecular flexibility index (Phi) is 6.07. The Morgan fingerprint density at radius 3 is 3.00 bits per heavy atom. The summed E-state index contributed by atoms with van der Waals surface area (Å²) in [5, 5.41) is 11.5. The smallest absolute Gasteiger partial charge is 0.338 e. The first-order valence-electron chi connectivity index (χ1n) is 5.86. The second-order valence-electron chi connectivity index (χ2n) is 3.72. The average molecular weight is 256 g/mol. The lowest BCUT2D eigenvalue weighted by Crippen LogP contribution is -2.11. The molecule has 1 aromatic rings. The molecule has 0 saturated carbocycles. The minimum Gasteiger partial charge on any atom is -0.478 e. The number of hydrogen-bond donors (Lipinski definition) is 2. The Morgan fingerprint density at radius 2 is 2.33 bits per heavy atom. The Balaban J connectivity index is 2.43. The van der Waals surface area contributed by atoms with Gasteiger partial charge in [-0.05, 0) is 18.9 Å². The summed E-state index contributed by atoms with van der Waals surface area (Å²) in [6.45, 7) is 3.80. The van der Waals surface area contributed by atoms with Gasteiger partial charge in [0.15, 0.2) is 11.6 Å². The van der Waals surface area contributed by atoms with Crippen molar-refractivity contribution in [2.24, 2.45) is 0 Å². The van der Waals surface area contributed by atoms with E-state index in [2.05, 4.69) is 10.3 Å². The van der Waals surface area contributed by atoms with Crippen molar-refractivity contribution in [3.05, 3.63) is 23.6 Å². The summed E-state index contributed by atoms with van der Waals surface area (Å²) < 4.78 is 18.9. The largest absolute Gasteiger partial charge is 0.478 e. The van der Waals surface area contributed by atoms with Crippen LogP contribution in [0.25, 0.3) is 0 Å². The number of pyridine rings is 1. The highest BCUT2D eigenvalue weighted by molar-refractivity contribution is 5.88. The molecule has 5 nitrogen and oxygen atoms in total. The van der Waals surface area contributed by atoms with Crippen molar-refractivity contribution in [1.82, 2.24) is 4.98 Å². The molecule has 0 fully saturated rings. The van der Waals surface area contributed by atoms with Gasteiger partial charge in [-0.1, -0.05) is 6.92 Å². The summed E-state index contributed by atoms with van der Waals surface area (Å²) >= 11 is 0. The molecule has 0 aliphatic carbocycles. The first-order chi connectivity index (χ1) is 8.66. The van der Waals surface area contributed by atoms with Crippen LogP contribution < -0.4 is 5.32 Å². The van der Waals surface area contributed by atoms with Gasteiger partial charge in [0.25, 0.3) is 0 Å². The first kappa shape index (κ1) is 14.4. The summed E-state index contributed by atoms with van der Waals surface area (Å²) in [5.41, 5.74) is -0.380. The molecule has 0 bridgehead atoms. The van der Waals surface area contributed by atoms with E-state index in [9.17, 15) is 9.18 Å². The van der Waals surface area contributed by atoms with Gasteiger partial charge in [0.1, 0.15) is 5.56 Å². The van der Waals surface area contributed by atoms with E-state index in [4.69, 9.17) is 9.84 Å². The first-order valence-corrected chi connectivity index (χ1v) is 5.86. The second kappa shape index (κ2) is 7.60. The zero-order valence-corrected chi connectivity index (χ0v) is 10.3. The van der Waals surface area contributed by atoms with E-state index < -0.39 is 11.8 Å². The van der Waals surface area contributed by atoms with Crippen molar-refractivity contribution in [2.75, 3.05) is 25.1 Å². The van der Waals surface area contributed by atoms with E-state index in [-0.39, 0.29) is 11.4 Å². The third-order valence-corrected chi connectivity index (χ3v) is 2.23. The molecule has 0 saturated heterocycles. The lowest BCUT2D eigenvalue weighted by molar-refractivity contribution is 0.0692. The molecule has 0 aliphatic rings. The van der Waals surface area contributed by atoms with E-state index in [0.29, 0.717) is 26.2 Å². The normalized spacial score (nSPS) is 10.3. The topological polar surface area (TPSA) is 71.5 Å². The van der Waals surface area contributed by atoms with Crippen molar-refractivity contribution in [3.63, 3.8) is 0 Å². The van der Waals surface area contributed by atoms with Gasteiger partial charge in [-0.2, -0.15) is 0 Å². The fourth-order valence-corrected chi connectivity index (χ4v) is 1.36. The maximum atomic E-state index is 13.6. The number of nitrogens with one attached hydrogen (secondary N) is 1. The van der Waals surface area contributed by atoms with Gasteiger partial charge in [0, 0.05) is 26.0 Å². The molecule has 0 atom stereocenters. The third kappa shape index (κ3) is 4.29. The molecule has 0 unspecified atom stereocenters. The Labute approximate surface area is 105 Å². The highest BCUT2D eigenvalue weighted by atomic mass is 19.1. The molecule has 0 aromatic carbocycles.